The molecule has 9 heteroatoms. The summed E-state index contributed by atoms with van der Waals surface area (Å²) >= 11 is 0. The van der Waals surface area contributed by atoms with Gasteiger partial charge in [-0.2, -0.15) is 13.2 Å². The van der Waals surface area contributed by atoms with E-state index in [-0.39, 0.29) is 24.0 Å². The van der Waals surface area contributed by atoms with Gasteiger partial charge in [0.25, 0.3) is 0 Å². The van der Waals surface area contributed by atoms with Gasteiger partial charge in [0.05, 0.1) is 5.56 Å². The fourth-order valence-corrected chi connectivity index (χ4v) is 1.64. The molecular formula is C13H19F3IN5. The number of hydrogen-bond acceptors (Lipinski definition) is 3. The van der Waals surface area contributed by atoms with Crippen LogP contribution in [0.4, 0.5) is 19.0 Å². The van der Waals surface area contributed by atoms with E-state index in [0.29, 0.717) is 30.9 Å². The minimum atomic E-state index is -4.35. The molecule has 124 valence electrons. The third kappa shape index (κ3) is 6.67. The summed E-state index contributed by atoms with van der Waals surface area (Å²) in [5.74, 6) is 0.862. The summed E-state index contributed by atoms with van der Waals surface area (Å²) in [4.78, 5) is 7.88. The standard InChI is InChI=1S/C13H18F3N5.HI/c14-13(15,16)9-2-5-11(20-8-9)18-6-1-7-19-12(17)21-10-3-4-10;/h2,5,8,10H,1,3-4,6-7H2,(H,18,20)(H3,17,19,21);1H. The molecule has 5 nitrogen and oxygen atoms in total. The highest BCUT2D eigenvalue weighted by Gasteiger charge is 2.30. The van der Waals surface area contributed by atoms with Gasteiger partial charge in [-0.1, -0.05) is 0 Å². The van der Waals surface area contributed by atoms with Gasteiger partial charge in [0.1, 0.15) is 5.82 Å². The Bertz CT molecular complexity index is 485. The second-order valence-electron chi connectivity index (χ2n) is 4.90. The number of anilines is 1. The van der Waals surface area contributed by atoms with Crippen LogP contribution in [0.3, 0.4) is 0 Å². The number of alkyl halides is 3. The first-order chi connectivity index (χ1) is 9.95. The van der Waals surface area contributed by atoms with Crippen molar-refractivity contribution in [3.63, 3.8) is 0 Å². The van der Waals surface area contributed by atoms with E-state index in [1.165, 1.54) is 6.07 Å². The van der Waals surface area contributed by atoms with E-state index in [2.05, 4.69) is 20.6 Å². The van der Waals surface area contributed by atoms with E-state index in [0.717, 1.165) is 31.5 Å². The first-order valence-corrected chi connectivity index (χ1v) is 6.79. The zero-order chi connectivity index (χ0) is 15.3. The van der Waals surface area contributed by atoms with Crippen molar-refractivity contribution >= 4 is 35.8 Å². The number of pyridine rings is 1. The lowest BCUT2D eigenvalue weighted by Crippen LogP contribution is -2.33. The molecule has 0 aliphatic heterocycles. The number of guanidine groups is 1. The Morgan fingerprint density at radius 2 is 2.09 bits per heavy atom. The summed E-state index contributed by atoms with van der Waals surface area (Å²) < 4.78 is 37.0. The Hall–Kier alpha value is -1.26. The lowest BCUT2D eigenvalue weighted by molar-refractivity contribution is -0.137. The average molecular weight is 429 g/mol. The number of halogens is 4. The maximum Gasteiger partial charge on any atom is 0.417 e. The summed E-state index contributed by atoms with van der Waals surface area (Å²) in [6, 6.07) is 2.79. The van der Waals surface area contributed by atoms with Crippen molar-refractivity contribution in [3.05, 3.63) is 23.9 Å². The molecule has 1 fully saturated rings. The number of aromatic nitrogens is 1. The molecule has 22 heavy (non-hydrogen) atoms. The van der Waals surface area contributed by atoms with Gasteiger partial charge in [-0.15, -0.1) is 24.0 Å². The number of nitrogens with two attached hydrogens (primary N) is 1. The van der Waals surface area contributed by atoms with Crippen LogP contribution in [-0.4, -0.2) is 30.1 Å². The Balaban J connectivity index is 0.00000242. The maximum absolute atomic E-state index is 12.3. The molecule has 2 rings (SSSR count). The number of rotatable bonds is 6. The second-order valence-corrected chi connectivity index (χ2v) is 4.90. The molecule has 0 unspecified atom stereocenters. The molecule has 0 spiro atoms. The molecular weight excluding hydrogens is 410 g/mol. The number of nitrogens with one attached hydrogen (secondary N) is 2. The van der Waals surface area contributed by atoms with Gasteiger partial charge < -0.3 is 16.4 Å². The van der Waals surface area contributed by atoms with Crippen LogP contribution in [0.2, 0.25) is 0 Å². The van der Waals surface area contributed by atoms with Crippen molar-refractivity contribution in [2.75, 3.05) is 18.4 Å². The van der Waals surface area contributed by atoms with Gasteiger partial charge in [-0.05, 0) is 31.4 Å². The van der Waals surface area contributed by atoms with Crippen LogP contribution in [0.5, 0.6) is 0 Å². The summed E-state index contributed by atoms with van der Waals surface area (Å²) in [6.45, 7) is 1.12. The maximum atomic E-state index is 12.3. The molecule has 0 saturated heterocycles. The minimum absolute atomic E-state index is 0. The van der Waals surface area contributed by atoms with E-state index in [1.54, 1.807) is 0 Å². The van der Waals surface area contributed by atoms with Crippen molar-refractivity contribution in [2.24, 2.45) is 10.7 Å². The summed E-state index contributed by atoms with van der Waals surface area (Å²) in [6.07, 6.45) is -0.547. The van der Waals surface area contributed by atoms with E-state index in [9.17, 15) is 13.2 Å². The molecule has 0 bridgehead atoms. The van der Waals surface area contributed by atoms with Gasteiger partial charge in [0, 0.05) is 25.3 Å². The van der Waals surface area contributed by atoms with E-state index in [1.807, 2.05) is 0 Å². The fraction of sp³-hybridized carbons (Fsp3) is 0.538. The van der Waals surface area contributed by atoms with Crippen LogP contribution in [-0.2, 0) is 6.18 Å². The molecule has 1 heterocycles. The minimum Gasteiger partial charge on any atom is -0.370 e. The number of nitrogens with zero attached hydrogens (tertiary/aromatic N) is 2. The predicted octanol–water partition coefficient (Wildman–Crippen LogP) is 2.59. The average Bonchev–Trinajstić information content (AvgIpc) is 3.22. The van der Waals surface area contributed by atoms with Gasteiger partial charge in [0.2, 0.25) is 0 Å². The molecule has 1 aliphatic rings. The normalized spacial score (nSPS) is 15.1. The largest absolute Gasteiger partial charge is 0.417 e. The van der Waals surface area contributed by atoms with Crippen LogP contribution in [0.15, 0.2) is 23.3 Å². The highest BCUT2D eigenvalue weighted by Crippen LogP contribution is 2.28. The molecule has 0 aromatic carbocycles. The van der Waals surface area contributed by atoms with Crippen LogP contribution in [0.25, 0.3) is 0 Å². The Kier molecular flexibility index (Phi) is 7.17. The summed E-state index contributed by atoms with van der Waals surface area (Å²) in [5.41, 5.74) is 4.91. The van der Waals surface area contributed by atoms with Crippen LogP contribution in [0.1, 0.15) is 24.8 Å². The first kappa shape index (κ1) is 18.8. The second kappa shape index (κ2) is 8.39. The SMILES string of the molecule is I.NC(=NCCCNc1ccc(C(F)(F)F)cn1)NC1CC1. The van der Waals surface area contributed by atoms with Gasteiger partial charge in [-0.25, -0.2) is 4.98 Å². The van der Waals surface area contributed by atoms with Crippen LogP contribution >= 0.6 is 24.0 Å². The van der Waals surface area contributed by atoms with Crippen LogP contribution in [0, 0.1) is 0 Å². The number of aliphatic imine (C=N–C) groups is 1. The quantitative estimate of drug-likeness (QED) is 0.281. The lowest BCUT2D eigenvalue weighted by Gasteiger charge is -2.08. The van der Waals surface area contributed by atoms with Gasteiger partial charge in [-0.3, -0.25) is 4.99 Å². The molecule has 1 aromatic rings. The van der Waals surface area contributed by atoms with Crippen molar-refractivity contribution in [1.82, 2.24) is 10.3 Å². The van der Waals surface area contributed by atoms with E-state index < -0.39 is 11.7 Å². The Morgan fingerprint density at radius 3 is 2.64 bits per heavy atom. The highest BCUT2D eigenvalue weighted by molar-refractivity contribution is 14.0. The highest BCUT2D eigenvalue weighted by atomic mass is 127. The van der Waals surface area contributed by atoms with Gasteiger partial charge in [0.15, 0.2) is 5.96 Å². The van der Waals surface area contributed by atoms with E-state index in [4.69, 9.17) is 5.73 Å². The topological polar surface area (TPSA) is 75.3 Å². The molecule has 1 saturated carbocycles. The van der Waals surface area contributed by atoms with Crippen LogP contribution < -0.4 is 16.4 Å². The van der Waals surface area contributed by atoms with Crippen molar-refractivity contribution in [3.8, 4) is 0 Å². The van der Waals surface area contributed by atoms with Crippen molar-refractivity contribution in [2.45, 2.75) is 31.5 Å². The third-order valence-electron chi connectivity index (χ3n) is 2.94. The molecule has 4 N–H and O–H groups in total. The molecule has 0 atom stereocenters. The third-order valence-corrected chi connectivity index (χ3v) is 2.94. The predicted molar refractivity (Wildman–Crippen MR) is 90.4 cm³/mol. The summed E-state index contributed by atoms with van der Waals surface area (Å²) in [5, 5.41) is 6.01. The van der Waals surface area contributed by atoms with E-state index >= 15 is 0 Å². The van der Waals surface area contributed by atoms with Crippen molar-refractivity contribution in [1.29, 1.82) is 0 Å². The summed E-state index contributed by atoms with van der Waals surface area (Å²) in [7, 11) is 0. The molecule has 0 radical (unpaired) electrons. The zero-order valence-corrected chi connectivity index (χ0v) is 14.2. The zero-order valence-electron chi connectivity index (χ0n) is 11.9. The lowest BCUT2D eigenvalue weighted by atomic mass is 10.3. The molecule has 0 amide bonds. The van der Waals surface area contributed by atoms with Gasteiger partial charge >= 0.3 is 6.18 Å². The fourth-order valence-electron chi connectivity index (χ4n) is 1.64. The van der Waals surface area contributed by atoms with Crippen molar-refractivity contribution < 1.29 is 13.2 Å². The molecule has 1 aliphatic carbocycles. The Labute approximate surface area is 144 Å². The smallest absolute Gasteiger partial charge is 0.370 e. The molecule has 1 aromatic heterocycles. The number of hydrogen-bond donors (Lipinski definition) is 3. The monoisotopic (exact) mass is 429 g/mol. The first-order valence-electron chi connectivity index (χ1n) is 6.79. The Morgan fingerprint density at radius 1 is 1.36 bits per heavy atom.